The van der Waals surface area contributed by atoms with Gasteiger partial charge in [-0.05, 0) is 31.0 Å². The molecule has 11 heteroatoms. The van der Waals surface area contributed by atoms with Crippen LogP contribution in [0.3, 0.4) is 0 Å². The Morgan fingerprint density at radius 3 is 2.53 bits per heavy atom. The number of aliphatic hydroxyl groups is 2. The molecule has 2 aromatic carbocycles. The molecule has 38 heavy (non-hydrogen) atoms. The lowest BCUT2D eigenvalue weighted by atomic mass is 9.67. The van der Waals surface area contributed by atoms with Crippen molar-refractivity contribution in [2.24, 2.45) is 5.73 Å². The molecule has 7 atom stereocenters. The van der Waals surface area contributed by atoms with Crippen LogP contribution in [0.25, 0.3) is 0 Å². The zero-order chi connectivity index (χ0) is 27.7. The van der Waals surface area contributed by atoms with Gasteiger partial charge in [0.15, 0.2) is 12.1 Å². The van der Waals surface area contributed by atoms with Crippen molar-refractivity contribution in [3.05, 3.63) is 57.6 Å². The zero-order valence-corrected chi connectivity index (χ0v) is 20.7. The highest BCUT2D eigenvalue weighted by Gasteiger charge is 2.52. The summed E-state index contributed by atoms with van der Waals surface area (Å²) in [6, 6.07) is 4.54. The van der Waals surface area contributed by atoms with Crippen LogP contribution in [-0.4, -0.2) is 73.2 Å². The van der Waals surface area contributed by atoms with Gasteiger partial charge in [0.05, 0.1) is 35.0 Å². The minimum atomic E-state index is -1.83. The Balaban J connectivity index is 1.70. The van der Waals surface area contributed by atoms with Crippen LogP contribution >= 0.6 is 0 Å². The molecule has 0 bridgehead atoms. The van der Waals surface area contributed by atoms with Gasteiger partial charge in [0.1, 0.15) is 17.4 Å². The molecule has 2 aromatic rings. The maximum Gasteiger partial charge on any atom is 0.313 e. The van der Waals surface area contributed by atoms with E-state index in [4.69, 9.17) is 15.2 Å². The first-order valence-corrected chi connectivity index (χ1v) is 12.4. The Labute approximate surface area is 217 Å². The highest BCUT2D eigenvalue weighted by Crippen LogP contribution is 2.53. The fourth-order valence-corrected chi connectivity index (χ4v) is 5.94. The van der Waals surface area contributed by atoms with Gasteiger partial charge in [-0.15, -0.1) is 0 Å². The van der Waals surface area contributed by atoms with E-state index in [0.29, 0.717) is 0 Å². The second-order valence-electron chi connectivity index (χ2n) is 10.2. The Kier molecular flexibility index (Phi) is 6.32. The third-order valence-electron chi connectivity index (χ3n) is 7.99. The van der Waals surface area contributed by atoms with Crippen LogP contribution < -0.4 is 5.73 Å². The first-order valence-electron chi connectivity index (χ1n) is 12.4. The largest absolute Gasteiger partial charge is 0.507 e. The molecule has 0 saturated carbocycles. The number of benzene rings is 2. The number of hydrogen-bond donors (Lipinski definition) is 6. The minimum absolute atomic E-state index is 0.00481. The Morgan fingerprint density at radius 1 is 1.18 bits per heavy atom. The standard InChI is InChI=1S/C27H29NO10/c1-3-27(36)9-16(38-17-8-14(28)22(30)10(2)37-17)19-12(21(27)26(34)35)7-13-20(25(19)33)24(32)18-11(23(13)31)5-4-6-15(18)29/h4-7,10,14,16-17,21-22,29-30,33,36H,3,8-9,28H2,1-2H3,(H,34,35)/t10-,14-,16?,17-,21?,22+,27?/m0/s1. The lowest BCUT2D eigenvalue weighted by Crippen LogP contribution is -2.52. The molecule has 202 valence electrons. The van der Waals surface area contributed by atoms with E-state index in [1.807, 2.05) is 0 Å². The van der Waals surface area contributed by atoms with E-state index >= 15 is 0 Å². The summed E-state index contributed by atoms with van der Waals surface area (Å²) in [6.45, 7) is 3.22. The number of carboxylic acid groups (broad SMARTS) is 1. The molecule has 1 aliphatic heterocycles. The topological polar surface area (TPSA) is 197 Å². The number of aliphatic hydroxyl groups excluding tert-OH is 1. The second kappa shape index (κ2) is 9.14. The van der Waals surface area contributed by atoms with E-state index in [-0.39, 0.29) is 52.6 Å². The third kappa shape index (κ3) is 3.81. The number of carboxylic acids is 1. The summed E-state index contributed by atoms with van der Waals surface area (Å²) in [4.78, 5) is 39.3. The third-order valence-corrected chi connectivity index (χ3v) is 7.99. The maximum atomic E-state index is 13.5. The van der Waals surface area contributed by atoms with Crippen molar-refractivity contribution < 1.29 is 49.4 Å². The van der Waals surface area contributed by atoms with Crippen molar-refractivity contribution in [3.8, 4) is 11.5 Å². The van der Waals surface area contributed by atoms with E-state index in [1.54, 1.807) is 13.8 Å². The lowest BCUT2D eigenvalue weighted by Gasteiger charge is -2.45. The van der Waals surface area contributed by atoms with Crippen LogP contribution in [0, 0.1) is 0 Å². The molecule has 2 aliphatic carbocycles. The van der Waals surface area contributed by atoms with Gasteiger partial charge in [-0.3, -0.25) is 14.4 Å². The van der Waals surface area contributed by atoms with Gasteiger partial charge in [-0.1, -0.05) is 19.1 Å². The molecule has 5 rings (SSSR count). The van der Waals surface area contributed by atoms with E-state index in [2.05, 4.69) is 0 Å². The van der Waals surface area contributed by atoms with Gasteiger partial charge in [0.25, 0.3) is 0 Å². The molecule has 1 fully saturated rings. The van der Waals surface area contributed by atoms with E-state index in [9.17, 15) is 39.9 Å². The number of rotatable bonds is 4. The number of hydrogen-bond acceptors (Lipinski definition) is 10. The van der Waals surface area contributed by atoms with Gasteiger partial charge in [0, 0.05) is 35.6 Å². The number of aliphatic carboxylic acids is 1. The molecule has 1 heterocycles. The van der Waals surface area contributed by atoms with Crippen LogP contribution in [0.4, 0.5) is 0 Å². The Bertz CT molecular complexity index is 1340. The SMILES string of the molecule is CCC1(O)CC(O[C@H]2C[C@H](N)[C@H](O)[C@H](C)O2)c2c(cc3c(c2O)C(=O)c2c(O)cccc2C3=O)C1C(=O)O. The Hall–Kier alpha value is -3.35. The fraction of sp³-hybridized carbons (Fsp3) is 0.444. The van der Waals surface area contributed by atoms with Crippen LogP contribution in [0.5, 0.6) is 11.5 Å². The molecule has 1 saturated heterocycles. The zero-order valence-electron chi connectivity index (χ0n) is 20.7. The summed E-state index contributed by atoms with van der Waals surface area (Å²) < 4.78 is 11.9. The summed E-state index contributed by atoms with van der Waals surface area (Å²) in [6.07, 6.45) is -3.92. The summed E-state index contributed by atoms with van der Waals surface area (Å²) >= 11 is 0. The monoisotopic (exact) mass is 527 g/mol. The summed E-state index contributed by atoms with van der Waals surface area (Å²) in [5, 5.41) is 53.5. The number of carbonyl (C=O) groups excluding carboxylic acids is 2. The number of aromatic hydroxyl groups is 2. The molecular formula is C27H29NO10. The molecule has 0 radical (unpaired) electrons. The van der Waals surface area contributed by atoms with Gasteiger partial charge in [0.2, 0.25) is 5.78 Å². The molecule has 11 nitrogen and oxygen atoms in total. The van der Waals surface area contributed by atoms with Crippen molar-refractivity contribution >= 4 is 17.5 Å². The molecular weight excluding hydrogens is 498 g/mol. The number of ether oxygens (including phenoxy) is 2. The average molecular weight is 528 g/mol. The fourth-order valence-electron chi connectivity index (χ4n) is 5.94. The number of phenols is 2. The van der Waals surface area contributed by atoms with Crippen molar-refractivity contribution in [2.75, 3.05) is 0 Å². The highest BCUT2D eigenvalue weighted by atomic mass is 16.7. The second-order valence-corrected chi connectivity index (χ2v) is 10.2. The van der Waals surface area contributed by atoms with E-state index < -0.39 is 71.2 Å². The van der Waals surface area contributed by atoms with E-state index in [1.165, 1.54) is 24.3 Å². The maximum absolute atomic E-state index is 13.5. The number of nitrogens with two attached hydrogens (primary N) is 1. The summed E-state index contributed by atoms with van der Waals surface area (Å²) in [5.74, 6) is -5.50. The van der Waals surface area contributed by atoms with Gasteiger partial charge < -0.3 is 40.7 Å². The molecule has 0 spiro atoms. The molecule has 0 amide bonds. The highest BCUT2D eigenvalue weighted by molar-refractivity contribution is 6.30. The summed E-state index contributed by atoms with van der Waals surface area (Å²) in [7, 11) is 0. The summed E-state index contributed by atoms with van der Waals surface area (Å²) in [5.41, 5.74) is 3.10. The van der Waals surface area contributed by atoms with Gasteiger partial charge in [-0.2, -0.15) is 0 Å². The lowest BCUT2D eigenvalue weighted by molar-refractivity contribution is -0.248. The van der Waals surface area contributed by atoms with Crippen molar-refractivity contribution in [1.29, 1.82) is 0 Å². The van der Waals surface area contributed by atoms with Crippen molar-refractivity contribution in [1.82, 2.24) is 0 Å². The Morgan fingerprint density at radius 2 is 1.89 bits per heavy atom. The number of ketones is 2. The quantitative estimate of drug-likeness (QED) is 0.287. The van der Waals surface area contributed by atoms with Crippen LogP contribution in [0.2, 0.25) is 0 Å². The molecule has 7 N–H and O–H groups in total. The molecule has 3 aliphatic rings. The van der Waals surface area contributed by atoms with Crippen LogP contribution in [0.1, 0.15) is 88.1 Å². The number of phenolic OH excluding ortho intramolecular Hbond substituents is 2. The number of fused-ring (bicyclic) bond motifs is 3. The van der Waals surface area contributed by atoms with Crippen LogP contribution in [0.15, 0.2) is 24.3 Å². The normalized spacial score (nSPS) is 32.3. The van der Waals surface area contributed by atoms with E-state index in [0.717, 1.165) is 0 Å². The van der Waals surface area contributed by atoms with Crippen molar-refractivity contribution in [2.45, 2.75) is 75.3 Å². The van der Waals surface area contributed by atoms with Gasteiger partial charge >= 0.3 is 5.97 Å². The average Bonchev–Trinajstić information content (AvgIpc) is 2.85. The smallest absolute Gasteiger partial charge is 0.313 e. The van der Waals surface area contributed by atoms with Crippen LogP contribution in [-0.2, 0) is 14.3 Å². The predicted molar refractivity (Wildman–Crippen MR) is 130 cm³/mol. The molecule has 0 aromatic heterocycles. The first kappa shape index (κ1) is 26.3. The molecule has 3 unspecified atom stereocenters. The van der Waals surface area contributed by atoms with Crippen molar-refractivity contribution in [3.63, 3.8) is 0 Å². The van der Waals surface area contributed by atoms with Gasteiger partial charge in [-0.25, -0.2) is 0 Å². The number of carbonyl (C=O) groups is 3. The first-order chi connectivity index (χ1) is 17.9. The predicted octanol–water partition coefficient (Wildman–Crippen LogP) is 1.47. The minimum Gasteiger partial charge on any atom is -0.507 e.